The quantitative estimate of drug-likeness (QED) is 0.642. The summed E-state index contributed by atoms with van der Waals surface area (Å²) in [7, 11) is -3.45. The third-order valence-electron chi connectivity index (χ3n) is 4.08. The van der Waals surface area contributed by atoms with Crippen molar-refractivity contribution in [3.63, 3.8) is 0 Å². The Morgan fingerprint density at radius 1 is 1.41 bits per heavy atom. The van der Waals surface area contributed by atoms with Crippen LogP contribution in [0, 0.1) is 5.82 Å². The maximum absolute atomic E-state index is 14.1. The van der Waals surface area contributed by atoms with E-state index in [0.29, 0.717) is 11.1 Å². The maximum Gasteiger partial charge on any atom is 0.256 e. The Balaban J connectivity index is 1.84. The van der Waals surface area contributed by atoms with Crippen molar-refractivity contribution in [2.75, 3.05) is 18.8 Å². The van der Waals surface area contributed by atoms with Crippen LogP contribution in [-0.4, -0.2) is 48.8 Å². The first-order valence-corrected chi connectivity index (χ1v) is 10.5. The summed E-state index contributed by atoms with van der Waals surface area (Å²) in [4.78, 5) is 16.0. The molecule has 1 aromatic carbocycles. The highest BCUT2D eigenvalue weighted by Gasteiger charge is 2.26. The number of sulfonamides is 1. The van der Waals surface area contributed by atoms with E-state index in [1.165, 1.54) is 23.1 Å². The van der Waals surface area contributed by atoms with Gasteiger partial charge in [0.2, 0.25) is 0 Å². The largest absolute Gasteiger partial charge is 0.330 e. The zero-order valence-corrected chi connectivity index (χ0v) is 16.7. The number of amides is 1. The highest BCUT2D eigenvalue weighted by atomic mass is 79.9. The number of hydrogen-bond donors (Lipinski definition) is 0. The van der Waals surface area contributed by atoms with Crippen LogP contribution in [0.2, 0.25) is 0 Å². The summed E-state index contributed by atoms with van der Waals surface area (Å²) in [5.41, 5.74) is 0.747. The Labute approximate surface area is 165 Å². The van der Waals surface area contributed by atoms with Gasteiger partial charge in [-0.1, -0.05) is 22.0 Å². The average molecular weight is 454 g/mol. The van der Waals surface area contributed by atoms with Crippen LogP contribution in [0.25, 0.3) is 0 Å². The Kier molecular flexibility index (Phi) is 5.61. The first kappa shape index (κ1) is 19.5. The van der Waals surface area contributed by atoms with Crippen molar-refractivity contribution in [1.29, 1.82) is 0 Å². The molecule has 0 N–H and O–H groups in total. The molecular weight excluding hydrogens is 437 g/mol. The Morgan fingerprint density at radius 2 is 2.19 bits per heavy atom. The minimum Gasteiger partial charge on any atom is -0.330 e. The molecule has 27 heavy (non-hydrogen) atoms. The molecule has 9 heteroatoms. The molecule has 0 saturated heterocycles. The van der Waals surface area contributed by atoms with Crippen molar-refractivity contribution >= 4 is 37.7 Å². The summed E-state index contributed by atoms with van der Waals surface area (Å²) in [5.74, 6) is -0.532. The van der Waals surface area contributed by atoms with Crippen molar-refractivity contribution in [2.24, 2.45) is 4.40 Å². The van der Waals surface area contributed by atoms with E-state index in [9.17, 15) is 17.6 Å². The fourth-order valence-corrected chi connectivity index (χ4v) is 4.13. The number of amidine groups is 1. The van der Waals surface area contributed by atoms with E-state index < -0.39 is 15.8 Å². The number of fused-ring (bicyclic) bond motifs is 1. The summed E-state index contributed by atoms with van der Waals surface area (Å²) in [5, 5.41) is 0. The van der Waals surface area contributed by atoms with Crippen molar-refractivity contribution in [2.45, 2.75) is 6.54 Å². The molecule has 142 valence electrons. The van der Waals surface area contributed by atoms with Crippen LogP contribution in [0.15, 0.2) is 63.6 Å². The molecule has 2 aliphatic rings. The zero-order chi connectivity index (χ0) is 19.6. The molecular formula is C18H17BrFN3O3S. The van der Waals surface area contributed by atoms with Gasteiger partial charge in [0, 0.05) is 35.9 Å². The van der Waals surface area contributed by atoms with Crippen LogP contribution >= 0.6 is 15.9 Å². The minimum atomic E-state index is -3.45. The molecule has 0 aromatic heterocycles. The molecule has 0 aliphatic carbocycles. The molecule has 0 saturated carbocycles. The van der Waals surface area contributed by atoms with E-state index in [1.807, 2.05) is 0 Å². The van der Waals surface area contributed by atoms with Gasteiger partial charge in [0.05, 0.1) is 11.3 Å². The number of benzene rings is 1. The van der Waals surface area contributed by atoms with Gasteiger partial charge < -0.3 is 9.80 Å². The lowest BCUT2D eigenvalue weighted by Gasteiger charge is -2.29. The van der Waals surface area contributed by atoms with Gasteiger partial charge in [-0.05, 0) is 30.4 Å². The van der Waals surface area contributed by atoms with Crippen molar-refractivity contribution in [3.8, 4) is 0 Å². The van der Waals surface area contributed by atoms with Crippen LogP contribution in [0.1, 0.15) is 5.56 Å². The summed E-state index contributed by atoms with van der Waals surface area (Å²) < 4.78 is 41.6. The lowest BCUT2D eigenvalue weighted by atomic mass is 10.1. The lowest BCUT2D eigenvalue weighted by Crippen LogP contribution is -2.39. The Morgan fingerprint density at radius 3 is 2.93 bits per heavy atom. The smallest absolute Gasteiger partial charge is 0.256 e. The van der Waals surface area contributed by atoms with Gasteiger partial charge in [-0.2, -0.15) is 0 Å². The summed E-state index contributed by atoms with van der Waals surface area (Å²) in [6, 6.07) is 4.56. The second-order valence-corrected chi connectivity index (χ2v) is 8.73. The number of nitrogens with zero attached hydrogens (tertiary/aromatic N) is 3. The van der Waals surface area contributed by atoms with Crippen molar-refractivity contribution in [1.82, 2.24) is 9.80 Å². The highest BCUT2D eigenvalue weighted by Crippen LogP contribution is 2.21. The van der Waals surface area contributed by atoms with Crippen LogP contribution in [-0.2, 0) is 21.4 Å². The number of carbonyl (C=O) groups excluding carboxylic acids is 1. The van der Waals surface area contributed by atoms with Crippen LogP contribution in [0.5, 0.6) is 0 Å². The standard InChI is InChI=1S/C18H17BrFN3O3S/c1-2-7-23(12-14-10-15(19)4-5-16(14)20)18(24)13-3-6-17-21-27(25,26)9-8-22(17)11-13/h2-6,10-11H,1,7-9,12H2. The molecule has 6 nitrogen and oxygen atoms in total. The van der Waals surface area contributed by atoms with E-state index in [4.69, 9.17) is 0 Å². The van der Waals surface area contributed by atoms with Gasteiger partial charge in [-0.25, -0.2) is 12.8 Å². The number of hydrogen-bond acceptors (Lipinski definition) is 4. The number of rotatable bonds is 5. The molecule has 0 spiro atoms. The monoisotopic (exact) mass is 453 g/mol. The third-order valence-corrected chi connectivity index (χ3v) is 5.73. The SMILES string of the molecule is C=CCN(Cc1cc(Br)ccc1F)C(=O)C1=CN2CCS(=O)(=O)N=C2C=C1. The topological polar surface area (TPSA) is 70.1 Å². The molecule has 2 aliphatic heterocycles. The molecule has 0 atom stereocenters. The highest BCUT2D eigenvalue weighted by molar-refractivity contribution is 9.10. The van der Waals surface area contributed by atoms with Crippen molar-refractivity contribution < 1.29 is 17.6 Å². The first-order valence-electron chi connectivity index (χ1n) is 8.12. The molecule has 0 unspecified atom stereocenters. The minimum absolute atomic E-state index is 0.0800. The van der Waals surface area contributed by atoms with Gasteiger partial charge >= 0.3 is 0 Å². The van der Waals surface area contributed by atoms with E-state index in [0.717, 1.165) is 4.47 Å². The maximum atomic E-state index is 14.1. The second-order valence-electron chi connectivity index (χ2n) is 6.06. The van der Waals surface area contributed by atoms with E-state index >= 15 is 0 Å². The van der Waals surface area contributed by atoms with Crippen LogP contribution in [0.4, 0.5) is 4.39 Å². The molecule has 1 aromatic rings. The fraction of sp³-hybridized carbons (Fsp3) is 0.222. The molecule has 3 rings (SSSR count). The predicted octanol–water partition coefficient (Wildman–Crippen LogP) is 2.60. The molecule has 1 amide bonds. The van der Waals surface area contributed by atoms with Gasteiger partial charge in [0.15, 0.2) is 0 Å². The average Bonchev–Trinajstić information content (AvgIpc) is 2.62. The van der Waals surface area contributed by atoms with E-state index in [2.05, 4.69) is 26.9 Å². The summed E-state index contributed by atoms with van der Waals surface area (Å²) in [6.45, 7) is 4.21. The van der Waals surface area contributed by atoms with Gasteiger partial charge in [0.1, 0.15) is 11.7 Å². The second kappa shape index (κ2) is 7.77. The van der Waals surface area contributed by atoms with Crippen molar-refractivity contribution in [3.05, 3.63) is 70.6 Å². The van der Waals surface area contributed by atoms with Gasteiger partial charge in [0.25, 0.3) is 15.9 Å². The fourth-order valence-electron chi connectivity index (χ4n) is 2.76. The first-order chi connectivity index (χ1) is 12.8. The normalized spacial score (nSPS) is 17.6. The molecule has 0 bridgehead atoms. The predicted molar refractivity (Wildman–Crippen MR) is 105 cm³/mol. The van der Waals surface area contributed by atoms with E-state index in [1.54, 1.807) is 29.3 Å². The Bertz CT molecular complexity index is 986. The molecule has 2 heterocycles. The summed E-state index contributed by atoms with van der Waals surface area (Å²) in [6.07, 6.45) is 6.16. The molecule has 0 radical (unpaired) electrons. The van der Waals surface area contributed by atoms with Gasteiger partial charge in [-0.15, -0.1) is 11.0 Å². The lowest BCUT2D eigenvalue weighted by molar-refractivity contribution is -0.126. The van der Waals surface area contributed by atoms with Crippen LogP contribution < -0.4 is 0 Å². The summed E-state index contributed by atoms with van der Waals surface area (Å²) >= 11 is 3.30. The number of carbonyl (C=O) groups is 1. The zero-order valence-electron chi connectivity index (χ0n) is 14.3. The Hall–Kier alpha value is -2.26. The van der Waals surface area contributed by atoms with Gasteiger partial charge in [-0.3, -0.25) is 4.79 Å². The number of halogens is 2. The molecule has 0 fully saturated rings. The van der Waals surface area contributed by atoms with Crippen LogP contribution in [0.3, 0.4) is 0 Å². The van der Waals surface area contributed by atoms with E-state index in [-0.39, 0.29) is 37.1 Å². The third kappa shape index (κ3) is 4.54.